The van der Waals surface area contributed by atoms with Gasteiger partial charge >= 0.3 is 6.03 Å². The summed E-state index contributed by atoms with van der Waals surface area (Å²) < 4.78 is 0. The predicted molar refractivity (Wildman–Crippen MR) is 49.3 cm³/mol. The van der Waals surface area contributed by atoms with Gasteiger partial charge in [0.05, 0.1) is 0 Å². The molecule has 1 aromatic rings. The highest BCUT2D eigenvalue weighted by Crippen LogP contribution is 2.15. The molecule has 4 heteroatoms. The number of carbonyl (C=O) groups is 1. The third-order valence-corrected chi connectivity index (χ3v) is 1.49. The number of urea groups is 1. The Balaban J connectivity index is 2.69. The standard InChI is InChI=1S/C9H11N2O2/c1-11(2)9(13)10-7-4-3-5-8(12)6-7/h3-6H,1-2H3,(H,10,13). The van der Waals surface area contributed by atoms with Gasteiger partial charge in [-0.2, -0.15) is 0 Å². The van der Waals surface area contributed by atoms with Crippen molar-refractivity contribution >= 4 is 11.7 Å². The van der Waals surface area contributed by atoms with E-state index >= 15 is 0 Å². The zero-order valence-corrected chi connectivity index (χ0v) is 7.57. The molecule has 0 fully saturated rings. The summed E-state index contributed by atoms with van der Waals surface area (Å²) in [5.74, 6) is -0.114. The van der Waals surface area contributed by atoms with Gasteiger partial charge in [-0.15, -0.1) is 0 Å². The second-order valence-electron chi connectivity index (χ2n) is 2.85. The maximum atomic E-state index is 11.1. The molecule has 0 spiro atoms. The minimum absolute atomic E-state index is 0.114. The maximum Gasteiger partial charge on any atom is 0.321 e. The number of nitrogens with one attached hydrogen (secondary N) is 1. The molecule has 0 bridgehead atoms. The summed E-state index contributed by atoms with van der Waals surface area (Å²) >= 11 is 0. The Kier molecular flexibility index (Phi) is 2.74. The van der Waals surface area contributed by atoms with E-state index in [1.807, 2.05) is 0 Å². The fourth-order valence-electron chi connectivity index (χ4n) is 0.809. The van der Waals surface area contributed by atoms with Gasteiger partial charge in [-0.05, 0) is 12.1 Å². The highest BCUT2D eigenvalue weighted by molar-refractivity contribution is 5.89. The SMILES string of the molecule is CN(C)C(=O)Nc1cccc([O])c1. The van der Waals surface area contributed by atoms with Crippen LogP contribution < -0.4 is 5.32 Å². The number of nitrogens with zero attached hydrogens (tertiary/aromatic N) is 1. The van der Waals surface area contributed by atoms with E-state index in [4.69, 9.17) is 0 Å². The molecule has 0 saturated heterocycles. The zero-order valence-electron chi connectivity index (χ0n) is 7.57. The molecule has 0 aromatic heterocycles. The molecule has 1 radical (unpaired) electrons. The Bertz CT molecular complexity index is 310. The van der Waals surface area contributed by atoms with E-state index in [1.54, 1.807) is 26.2 Å². The van der Waals surface area contributed by atoms with E-state index in [9.17, 15) is 9.90 Å². The third-order valence-electron chi connectivity index (χ3n) is 1.49. The van der Waals surface area contributed by atoms with Gasteiger partial charge in [-0.3, -0.25) is 5.11 Å². The van der Waals surface area contributed by atoms with Crippen LogP contribution in [0.4, 0.5) is 10.5 Å². The van der Waals surface area contributed by atoms with Gasteiger partial charge in [-0.25, -0.2) is 4.79 Å². The molecule has 1 rings (SSSR count). The number of carbonyl (C=O) groups excluding carboxylic acids is 1. The second kappa shape index (κ2) is 3.80. The fraction of sp³-hybridized carbons (Fsp3) is 0.222. The molecule has 0 atom stereocenters. The Morgan fingerprint density at radius 1 is 1.38 bits per heavy atom. The van der Waals surface area contributed by atoms with Crippen LogP contribution in [-0.4, -0.2) is 25.0 Å². The van der Waals surface area contributed by atoms with Crippen LogP contribution in [0.1, 0.15) is 0 Å². The van der Waals surface area contributed by atoms with E-state index in [0.29, 0.717) is 5.69 Å². The van der Waals surface area contributed by atoms with Gasteiger partial charge in [0, 0.05) is 25.8 Å². The summed E-state index contributed by atoms with van der Waals surface area (Å²) in [7, 11) is 3.27. The third kappa shape index (κ3) is 2.66. The first-order chi connectivity index (χ1) is 6.09. The molecule has 4 nitrogen and oxygen atoms in total. The van der Waals surface area contributed by atoms with Crippen LogP contribution in [0.15, 0.2) is 24.3 Å². The predicted octanol–water partition coefficient (Wildman–Crippen LogP) is 1.92. The van der Waals surface area contributed by atoms with Gasteiger partial charge in [-0.1, -0.05) is 6.07 Å². The lowest BCUT2D eigenvalue weighted by molar-refractivity contribution is 0.230. The molecule has 0 saturated carbocycles. The first-order valence-electron chi connectivity index (χ1n) is 3.85. The molecule has 1 aromatic carbocycles. The summed E-state index contributed by atoms with van der Waals surface area (Å²) in [6, 6.07) is 5.84. The monoisotopic (exact) mass is 179 g/mol. The average molecular weight is 179 g/mol. The van der Waals surface area contributed by atoms with Crippen LogP contribution in [0.25, 0.3) is 0 Å². The highest BCUT2D eigenvalue weighted by Gasteiger charge is 2.03. The summed E-state index contributed by atoms with van der Waals surface area (Å²) in [6.07, 6.45) is 0. The molecule has 13 heavy (non-hydrogen) atoms. The van der Waals surface area contributed by atoms with E-state index in [1.165, 1.54) is 17.0 Å². The zero-order chi connectivity index (χ0) is 9.84. The fourth-order valence-corrected chi connectivity index (χ4v) is 0.809. The molecule has 0 heterocycles. The van der Waals surface area contributed by atoms with Crippen molar-refractivity contribution in [1.29, 1.82) is 0 Å². The van der Waals surface area contributed by atoms with E-state index < -0.39 is 0 Å². The minimum atomic E-state index is -0.245. The van der Waals surface area contributed by atoms with Crippen molar-refractivity contribution in [2.24, 2.45) is 0 Å². The molecule has 0 aliphatic carbocycles. The lowest BCUT2D eigenvalue weighted by atomic mass is 10.3. The van der Waals surface area contributed by atoms with Crippen LogP contribution in [0.2, 0.25) is 0 Å². The van der Waals surface area contributed by atoms with E-state index in [0.717, 1.165) is 0 Å². The van der Waals surface area contributed by atoms with Gasteiger partial charge in [0.25, 0.3) is 0 Å². The highest BCUT2D eigenvalue weighted by atomic mass is 16.3. The summed E-state index contributed by atoms with van der Waals surface area (Å²) in [5, 5.41) is 13.4. The Hall–Kier alpha value is -1.71. The summed E-state index contributed by atoms with van der Waals surface area (Å²) in [5.41, 5.74) is 0.520. The smallest absolute Gasteiger partial charge is 0.321 e. The Morgan fingerprint density at radius 3 is 2.62 bits per heavy atom. The van der Waals surface area contributed by atoms with Crippen molar-refractivity contribution < 1.29 is 9.90 Å². The van der Waals surface area contributed by atoms with Crippen molar-refractivity contribution in [1.82, 2.24) is 4.90 Å². The van der Waals surface area contributed by atoms with E-state index in [2.05, 4.69) is 5.32 Å². The van der Waals surface area contributed by atoms with Crippen molar-refractivity contribution in [3.63, 3.8) is 0 Å². The van der Waals surface area contributed by atoms with Gasteiger partial charge in [0.1, 0.15) is 0 Å². The molecule has 0 aliphatic heterocycles. The molecule has 0 unspecified atom stereocenters. The minimum Gasteiger partial charge on any atom is -0.331 e. The van der Waals surface area contributed by atoms with Crippen LogP contribution in [0, 0.1) is 0 Å². The quantitative estimate of drug-likeness (QED) is 0.703. The lowest BCUT2D eigenvalue weighted by Gasteiger charge is -2.11. The Labute approximate surface area is 76.8 Å². The topological polar surface area (TPSA) is 52.2 Å². The number of hydrogen-bond acceptors (Lipinski definition) is 1. The number of amides is 2. The van der Waals surface area contributed by atoms with E-state index in [-0.39, 0.29) is 11.8 Å². The number of benzene rings is 1. The van der Waals surface area contributed by atoms with Crippen LogP contribution in [0.5, 0.6) is 5.75 Å². The van der Waals surface area contributed by atoms with Crippen LogP contribution in [0.3, 0.4) is 0 Å². The van der Waals surface area contributed by atoms with Crippen LogP contribution in [-0.2, 0) is 5.11 Å². The molecular formula is C9H11N2O2. The molecule has 0 aliphatic rings. The van der Waals surface area contributed by atoms with Gasteiger partial charge in [0.2, 0.25) is 0 Å². The number of anilines is 1. The molecule has 2 amide bonds. The summed E-state index contributed by atoms with van der Waals surface area (Å²) in [4.78, 5) is 12.5. The molecular weight excluding hydrogens is 168 g/mol. The van der Waals surface area contributed by atoms with Gasteiger partial charge < -0.3 is 10.2 Å². The normalized spacial score (nSPS) is 9.38. The number of hydrogen-bond donors (Lipinski definition) is 1. The molecule has 69 valence electrons. The van der Waals surface area contributed by atoms with Crippen molar-refractivity contribution in [2.45, 2.75) is 0 Å². The average Bonchev–Trinajstić information content (AvgIpc) is 2.04. The first-order valence-corrected chi connectivity index (χ1v) is 3.85. The molecule has 1 N–H and O–H groups in total. The largest absolute Gasteiger partial charge is 0.331 e. The van der Waals surface area contributed by atoms with Crippen molar-refractivity contribution in [3.8, 4) is 5.75 Å². The van der Waals surface area contributed by atoms with Crippen LogP contribution >= 0.6 is 0 Å². The summed E-state index contributed by atoms with van der Waals surface area (Å²) in [6.45, 7) is 0. The Morgan fingerprint density at radius 2 is 2.08 bits per heavy atom. The van der Waals surface area contributed by atoms with Gasteiger partial charge in [0.15, 0.2) is 5.75 Å². The number of rotatable bonds is 1. The second-order valence-corrected chi connectivity index (χ2v) is 2.85. The van der Waals surface area contributed by atoms with Crippen molar-refractivity contribution in [3.05, 3.63) is 24.3 Å². The first kappa shape index (κ1) is 9.38. The maximum absolute atomic E-state index is 11.1. The lowest BCUT2D eigenvalue weighted by Crippen LogP contribution is -2.27. The van der Waals surface area contributed by atoms with Crippen molar-refractivity contribution in [2.75, 3.05) is 19.4 Å².